The summed E-state index contributed by atoms with van der Waals surface area (Å²) in [6, 6.07) is 7.37. The van der Waals surface area contributed by atoms with Crippen molar-refractivity contribution in [2.75, 3.05) is 12.4 Å². The average Bonchev–Trinajstić information content (AvgIpc) is 3.32. The maximum absolute atomic E-state index is 12.7. The first-order valence-corrected chi connectivity index (χ1v) is 9.64. The van der Waals surface area contributed by atoms with Crippen LogP contribution in [0.15, 0.2) is 47.7 Å². The Kier molecular flexibility index (Phi) is 4.81. The van der Waals surface area contributed by atoms with Gasteiger partial charge in [0, 0.05) is 19.4 Å². The van der Waals surface area contributed by atoms with E-state index in [1.807, 2.05) is 62.8 Å². The topological polar surface area (TPSA) is 103 Å². The van der Waals surface area contributed by atoms with E-state index < -0.39 is 0 Å². The standard InChI is InChI=1S/C21H25N7O2/c1-21(2,3)28-17-15(12-23-28)19(29)26-20(25-17)24-16(18-22-10-11-27(18)4)13-6-8-14(30-5)9-7-13/h6-12,16H,1-5H3,(H2,24,25,26,29). The van der Waals surface area contributed by atoms with Crippen molar-refractivity contribution in [1.82, 2.24) is 29.3 Å². The number of aromatic amines is 1. The van der Waals surface area contributed by atoms with E-state index in [0.717, 1.165) is 17.1 Å². The largest absolute Gasteiger partial charge is 0.497 e. The van der Waals surface area contributed by atoms with Crippen LogP contribution in [0.5, 0.6) is 5.75 Å². The molecule has 0 fully saturated rings. The molecule has 1 aromatic carbocycles. The highest BCUT2D eigenvalue weighted by atomic mass is 16.5. The second-order valence-corrected chi connectivity index (χ2v) is 8.13. The first-order valence-electron chi connectivity index (χ1n) is 9.64. The fourth-order valence-electron chi connectivity index (χ4n) is 3.36. The number of fused-ring (bicyclic) bond motifs is 1. The molecular formula is C21H25N7O2. The van der Waals surface area contributed by atoms with E-state index in [9.17, 15) is 4.79 Å². The summed E-state index contributed by atoms with van der Waals surface area (Å²) in [6.45, 7) is 6.05. The molecule has 1 unspecified atom stereocenters. The number of hydrogen-bond acceptors (Lipinski definition) is 6. The van der Waals surface area contributed by atoms with Crippen molar-refractivity contribution in [1.29, 1.82) is 0 Å². The second-order valence-electron chi connectivity index (χ2n) is 8.13. The summed E-state index contributed by atoms with van der Waals surface area (Å²) in [7, 11) is 3.56. The lowest BCUT2D eigenvalue weighted by Gasteiger charge is -2.21. The van der Waals surface area contributed by atoms with E-state index in [2.05, 4.69) is 25.4 Å². The molecule has 9 heteroatoms. The first kappa shape index (κ1) is 19.7. The van der Waals surface area contributed by atoms with Gasteiger partial charge in [0.05, 0.1) is 18.8 Å². The zero-order valence-corrected chi connectivity index (χ0v) is 17.7. The molecule has 0 saturated carbocycles. The molecule has 0 aliphatic carbocycles. The molecule has 0 bridgehead atoms. The lowest BCUT2D eigenvalue weighted by atomic mass is 10.1. The number of aryl methyl sites for hydroxylation is 1. The van der Waals surface area contributed by atoms with Gasteiger partial charge in [0.2, 0.25) is 5.95 Å². The molecule has 1 atom stereocenters. The van der Waals surface area contributed by atoms with Crippen molar-refractivity contribution in [2.24, 2.45) is 7.05 Å². The van der Waals surface area contributed by atoms with Gasteiger partial charge in [0.25, 0.3) is 5.56 Å². The van der Waals surface area contributed by atoms with Gasteiger partial charge in [-0.3, -0.25) is 9.78 Å². The Balaban J connectivity index is 1.80. The summed E-state index contributed by atoms with van der Waals surface area (Å²) >= 11 is 0. The molecule has 0 aliphatic heterocycles. The fraction of sp³-hybridized carbons (Fsp3) is 0.333. The van der Waals surface area contributed by atoms with Crippen LogP contribution in [0.2, 0.25) is 0 Å². The Hall–Kier alpha value is -3.62. The summed E-state index contributed by atoms with van der Waals surface area (Å²) in [4.78, 5) is 24.7. The van der Waals surface area contributed by atoms with Crippen LogP contribution in [0.25, 0.3) is 11.0 Å². The number of aromatic nitrogens is 6. The van der Waals surface area contributed by atoms with Crippen molar-refractivity contribution in [3.05, 3.63) is 64.6 Å². The highest BCUT2D eigenvalue weighted by Gasteiger charge is 2.23. The molecule has 156 valence electrons. The number of anilines is 1. The van der Waals surface area contributed by atoms with Crippen molar-refractivity contribution in [3.8, 4) is 5.75 Å². The molecule has 3 aromatic heterocycles. The number of benzene rings is 1. The highest BCUT2D eigenvalue weighted by molar-refractivity contribution is 5.74. The first-order chi connectivity index (χ1) is 14.3. The Morgan fingerprint density at radius 2 is 1.93 bits per heavy atom. The third-order valence-corrected chi connectivity index (χ3v) is 4.92. The van der Waals surface area contributed by atoms with E-state index in [1.54, 1.807) is 24.2 Å². The number of ether oxygens (including phenoxy) is 1. The quantitative estimate of drug-likeness (QED) is 0.527. The Morgan fingerprint density at radius 3 is 2.53 bits per heavy atom. The van der Waals surface area contributed by atoms with Crippen LogP contribution >= 0.6 is 0 Å². The highest BCUT2D eigenvalue weighted by Crippen LogP contribution is 2.26. The van der Waals surface area contributed by atoms with E-state index >= 15 is 0 Å². The lowest BCUT2D eigenvalue weighted by molar-refractivity contribution is 0.366. The van der Waals surface area contributed by atoms with Gasteiger partial charge >= 0.3 is 0 Å². The van der Waals surface area contributed by atoms with Crippen LogP contribution in [-0.2, 0) is 12.6 Å². The average molecular weight is 407 g/mol. The summed E-state index contributed by atoms with van der Waals surface area (Å²) in [5.41, 5.74) is 0.931. The van der Waals surface area contributed by atoms with Gasteiger partial charge in [-0.05, 0) is 38.5 Å². The molecule has 0 radical (unpaired) electrons. The van der Waals surface area contributed by atoms with Gasteiger partial charge < -0.3 is 14.6 Å². The minimum atomic E-state index is -0.331. The molecule has 9 nitrogen and oxygen atoms in total. The number of nitrogens with one attached hydrogen (secondary N) is 2. The van der Waals surface area contributed by atoms with Crippen molar-refractivity contribution < 1.29 is 4.74 Å². The number of rotatable bonds is 5. The Morgan fingerprint density at radius 1 is 1.20 bits per heavy atom. The van der Waals surface area contributed by atoms with Crippen molar-refractivity contribution in [2.45, 2.75) is 32.4 Å². The van der Waals surface area contributed by atoms with Crippen LogP contribution in [0.4, 0.5) is 5.95 Å². The maximum Gasteiger partial charge on any atom is 0.263 e. The smallest absolute Gasteiger partial charge is 0.263 e. The van der Waals surface area contributed by atoms with Crippen LogP contribution < -0.4 is 15.6 Å². The normalized spacial score (nSPS) is 12.8. The Bertz CT molecular complexity index is 1230. The minimum absolute atomic E-state index is 0.244. The molecular weight excluding hydrogens is 382 g/mol. The lowest BCUT2D eigenvalue weighted by Crippen LogP contribution is -2.25. The van der Waals surface area contributed by atoms with Crippen LogP contribution in [0, 0.1) is 0 Å². The molecule has 3 heterocycles. The fourth-order valence-corrected chi connectivity index (χ4v) is 3.36. The van der Waals surface area contributed by atoms with Crippen LogP contribution in [-0.4, -0.2) is 36.4 Å². The Labute approximate surface area is 173 Å². The number of imidazole rings is 1. The molecule has 4 rings (SSSR count). The van der Waals surface area contributed by atoms with Gasteiger partial charge in [0.15, 0.2) is 5.65 Å². The monoisotopic (exact) mass is 407 g/mol. The predicted octanol–water partition coefficient (Wildman–Crippen LogP) is 2.82. The van der Waals surface area contributed by atoms with E-state index in [4.69, 9.17) is 4.74 Å². The number of H-pyrrole nitrogens is 1. The molecule has 0 amide bonds. The summed E-state index contributed by atoms with van der Waals surface area (Å²) in [5.74, 6) is 1.90. The molecule has 0 spiro atoms. The van der Waals surface area contributed by atoms with E-state index in [0.29, 0.717) is 17.0 Å². The van der Waals surface area contributed by atoms with Gasteiger partial charge in [0.1, 0.15) is 23.0 Å². The van der Waals surface area contributed by atoms with Crippen LogP contribution in [0.3, 0.4) is 0 Å². The molecule has 4 aromatic rings. The summed E-state index contributed by atoms with van der Waals surface area (Å²) < 4.78 is 8.96. The summed E-state index contributed by atoms with van der Waals surface area (Å²) in [5, 5.41) is 8.16. The predicted molar refractivity (Wildman–Crippen MR) is 115 cm³/mol. The van der Waals surface area contributed by atoms with Crippen molar-refractivity contribution >= 4 is 17.0 Å². The van der Waals surface area contributed by atoms with Gasteiger partial charge in [-0.1, -0.05) is 12.1 Å². The number of nitrogens with zero attached hydrogens (tertiary/aromatic N) is 5. The van der Waals surface area contributed by atoms with E-state index in [-0.39, 0.29) is 17.1 Å². The van der Waals surface area contributed by atoms with E-state index in [1.165, 1.54) is 0 Å². The van der Waals surface area contributed by atoms with Crippen molar-refractivity contribution in [3.63, 3.8) is 0 Å². The van der Waals surface area contributed by atoms with Crippen LogP contribution in [0.1, 0.15) is 38.2 Å². The summed E-state index contributed by atoms with van der Waals surface area (Å²) in [6.07, 6.45) is 5.17. The van der Waals surface area contributed by atoms with Gasteiger partial charge in [-0.25, -0.2) is 9.67 Å². The minimum Gasteiger partial charge on any atom is -0.497 e. The van der Waals surface area contributed by atoms with Gasteiger partial charge in [-0.2, -0.15) is 10.1 Å². The molecule has 2 N–H and O–H groups in total. The third kappa shape index (κ3) is 3.54. The third-order valence-electron chi connectivity index (χ3n) is 4.92. The van der Waals surface area contributed by atoms with Gasteiger partial charge in [-0.15, -0.1) is 0 Å². The molecule has 0 saturated heterocycles. The molecule has 0 aliphatic rings. The number of hydrogen-bond donors (Lipinski definition) is 2. The maximum atomic E-state index is 12.7. The molecule has 30 heavy (non-hydrogen) atoms. The second kappa shape index (κ2) is 7.33. The SMILES string of the molecule is COc1ccc(C(Nc2nc3c(cnn3C(C)(C)C)c(=O)[nH]2)c2nccn2C)cc1. The zero-order valence-electron chi connectivity index (χ0n) is 17.7. The zero-order chi connectivity index (χ0) is 21.5. The number of methoxy groups -OCH3 is 1.